The van der Waals surface area contributed by atoms with Crippen molar-refractivity contribution in [2.75, 3.05) is 13.2 Å². The second-order valence-electron chi connectivity index (χ2n) is 9.04. The number of hydrogen-bond acceptors (Lipinski definition) is 3. The van der Waals surface area contributed by atoms with Gasteiger partial charge in [-0.15, -0.1) is 0 Å². The topological polar surface area (TPSA) is 27.7 Å². The molecule has 204 valence electrons. The summed E-state index contributed by atoms with van der Waals surface area (Å²) in [5.74, 6) is -3.80. The molecule has 0 aliphatic heterocycles. The highest BCUT2D eigenvalue weighted by Gasteiger charge is 2.18. The summed E-state index contributed by atoms with van der Waals surface area (Å²) < 4.78 is 75.1. The molecule has 0 aromatic heterocycles. The summed E-state index contributed by atoms with van der Waals surface area (Å²) in [5, 5.41) is 0. The van der Waals surface area contributed by atoms with E-state index < -0.39 is 23.3 Å². The fraction of sp³-hybridized carbons (Fsp3) is 0.250. The third-order valence-corrected chi connectivity index (χ3v) is 6.15. The van der Waals surface area contributed by atoms with E-state index in [2.05, 4.69) is 0 Å². The average molecular weight is 539 g/mol. The summed E-state index contributed by atoms with van der Waals surface area (Å²) in [4.78, 5) is 0. The minimum Gasteiger partial charge on any atom is -0.494 e. The summed E-state index contributed by atoms with van der Waals surface area (Å²) in [5.41, 5.74) is 1.83. The Kier molecular flexibility index (Phi) is 9.47. The van der Waals surface area contributed by atoms with Gasteiger partial charge in [0, 0.05) is 11.1 Å². The molecular weight excluding hydrogens is 508 g/mol. The third kappa shape index (κ3) is 6.72. The number of benzene rings is 4. The molecule has 0 N–H and O–H groups in total. The van der Waals surface area contributed by atoms with Gasteiger partial charge in [-0.3, -0.25) is 0 Å². The normalized spacial score (nSPS) is 10.9. The Bertz CT molecular complexity index is 1390. The molecule has 0 atom stereocenters. The average Bonchev–Trinajstić information content (AvgIpc) is 2.96. The third-order valence-electron chi connectivity index (χ3n) is 6.15. The molecule has 0 unspecified atom stereocenters. The molecule has 4 rings (SSSR count). The van der Waals surface area contributed by atoms with Crippen molar-refractivity contribution in [2.45, 2.75) is 39.7 Å². The first-order valence-corrected chi connectivity index (χ1v) is 13.0. The molecule has 0 saturated heterocycles. The van der Waals surface area contributed by atoms with Crippen molar-refractivity contribution in [3.05, 3.63) is 102 Å². The fourth-order valence-electron chi connectivity index (χ4n) is 3.95. The van der Waals surface area contributed by atoms with Gasteiger partial charge < -0.3 is 14.2 Å². The SMILES string of the molecule is CCCCOc1ccc(-c2ccc(COc3ccc(-c4ccc(OCCC)cc4)c(F)c3F)cc2)c(F)c1F. The number of halogens is 4. The van der Waals surface area contributed by atoms with E-state index in [9.17, 15) is 17.6 Å². The summed E-state index contributed by atoms with van der Waals surface area (Å²) in [6, 6.07) is 19.0. The van der Waals surface area contributed by atoms with Crippen LogP contribution in [0.25, 0.3) is 22.3 Å². The van der Waals surface area contributed by atoms with E-state index in [1.807, 2.05) is 13.8 Å². The predicted octanol–water partition coefficient (Wildman–Crippen LogP) is 9.12. The van der Waals surface area contributed by atoms with Crippen LogP contribution in [0.2, 0.25) is 0 Å². The minimum atomic E-state index is -1.09. The Morgan fingerprint density at radius 3 is 1.59 bits per heavy atom. The van der Waals surface area contributed by atoms with Gasteiger partial charge in [0.1, 0.15) is 12.4 Å². The van der Waals surface area contributed by atoms with Crippen LogP contribution in [-0.4, -0.2) is 13.2 Å². The van der Waals surface area contributed by atoms with Gasteiger partial charge in [-0.05, 0) is 65.9 Å². The zero-order valence-electron chi connectivity index (χ0n) is 21.9. The second kappa shape index (κ2) is 13.2. The van der Waals surface area contributed by atoms with Crippen molar-refractivity contribution in [1.82, 2.24) is 0 Å². The van der Waals surface area contributed by atoms with Crippen LogP contribution in [0.5, 0.6) is 17.2 Å². The summed E-state index contributed by atoms with van der Waals surface area (Å²) in [7, 11) is 0. The van der Waals surface area contributed by atoms with Gasteiger partial charge in [0.05, 0.1) is 13.2 Å². The van der Waals surface area contributed by atoms with Gasteiger partial charge in [-0.1, -0.05) is 56.7 Å². The molecule has 39 heavy (non-hydrogen) atoms. The lowest BCUT2D eigenvalue weighted by molar-refractivity contribution is 0.285. The smallest absolute Gasteiger partial charge is 0.201 e. The molecule has 4 aromatic carbocycles. The molecule has 0 heterocycles. The molecule has 0 saturated carbocycles. The monoisotopic (exact) mass is 538 g/mol. The quantitative estimate of drug-likeness (QED) is 0.133. The second-order valence-corrected chi connectivity index (χ2v) is 9.04. The summed E-state index contributed by atoms with van der Waals surface area (Å²) in [6.07, 6.45) is 2.50. The molecule has 0 spiro atoms. The van der Waals surface area contributed by atoms with Gasteiger partial charge >= 0.3 is 0 Å². The van der Waals surface area contributed by atoms with Gasteiger partial charge in [0.2, 0.25) is 11.6 Å². The highest BCUT2D eigenvalue weighted by Crippen LogP contribution is 2.32. The standard InChI is InChI=1S/C32H30F4O3/c1-3-5-19-38-27-16-14-25(29(33)31(27)35)22-8-6-21(7-9-22)20-39-28-17-15-26(30(34)32(28)36)23-10-12-24(13-11-23)37-18-4-2/h6-17H,3-5,18-20H2,1-2H3. The van der Waals surface area contributed by atoms with Gasteiger partial charge in [0.15, 0.2) is 23.1 Å². The highest BCUT2D eigenvalue weighted by atomic mass is 19.2. The Morgan fingerprint density at radius 1 is 0.513 bits per heavy atom. The van der Waals surface area contributed by atoms with Crippen LogP contribution in [0.15, 0.2) is 72.8 Å². The zero-order chi connectivity index (χ0) is 27.8. The van der Waals surface area contributed by atoms with Crippen LogP contribution in [-0.2, 0) is 6.61 Å². The molecule has 0 aliphatic rings. The van der Waals surface area contributed by atoms with Crippen LogP contribution in [0.3, 0.4) is 0 Å². The number of unbranched alkanes of at least 4 members (excludes halogenated alkanes) is 1. The fourth-order valence-corrected chi connectivity index (χ4v) is 3.95. The molecule has 0 amide bonds. The lowest BCUT2D eigenvalue weighted by Crippen LogP contribution is -2.02. The predicted molar refractivity (Wildman–Crippen MR) is 144 cm³/mol. The van der Waals surface area contributed by atoms with E-state index in [4.69, 9.17) is 14.2 Å². The van der Waals surface area contributed by atoms with E-state index in [1.165, 1.54) is 24.3 Å². The van der Waals surface area contributed by atoms with Crippen LogP contribution >= 0.6 is 0 Å². The molecular formula is C32H30F4O3. The largest absolute Gasteiger partial charge is 0.494 e. The first-order valence-electron chi connectivity index (χ1n) is 13.0. The van der Waals surface area contributed by atoms with Crippen LogP contribution in [0.1, 0.15) is 38.7 Å². The zero-order valence-corrected chi connectivity index (χ0v) is 21.9. The van der Waals surface area contributed by atoms with E-state index in [0.717, 1.165) is 19.3 Å². The van der Waals surface area contributed by atoms with Gasteiger partial charge in [-0.25, -0.2) is 8.78 Å². The number of rotatable bonds is 12. The molecule has 0 radical (unpaired) electrons. The molecule has 3 nitrogen and oxygen atoms in total. The maximum absolute atomic E-state index is 14.8. The van der Waals surface area contributed by atoms with Crippen molar-refractivity contribution < 1.29 is 31.8 Å². The molecule has 0 bridgehead atoms. The van der Waals surface area contributed by atoms with E-state index in [1.54, 1.807) is 48.5 Å². The van der Waals surface area contributed by atoms with E-state index in [0.29, 0.717) is 35.7 Å². The van der Waals surface area contributed by atoms with Crippen LogP contribution < -0.4 is 14.2 Å². The Balaban J connectivity index is 1.42. The van der Waals surface area contributed by atoms with Crippen LogP contribution in [0, 0.1) is 23.3 Å². The Morgan fingerprint density at radius 2 is 1.05 bits per heavy atom. The Labute approximate surface area is 226 Å². The van der Waals surface area contributed by atoms with Gasteiger partial charge in [0.25, 0.3) is 0 Å². The van der Waals surface area contributed by atoms with Crippen molar-refractivity contribution in [2.24, 2.45) is 0 Å². The lowest BCUT2D eigenvalue weighted by atomic mass is 10.0. The maximum atomic E-state index is 14.8. The lowest BCUT2D eigenvalue weighted by Gasteiger charge is -2.12. The van der Waals surface area contributed by atoms with E-state index >= 15 is 0 Å². The van der Waals surface area contributed by atoms with Gasteiger partial charge in [-0.2, -0.15) is 8.78 Å². The minimum absolute atomic E-state index is 0.0412. The molecule has 0 aliphatic carbocycles. The highest BCUT2D eigenvalue weighted by molar-refractivity contribution is 5.67. The van der Waals surface area contributed by atoms with Crippen molar-refractivity contribution in [3.8, 4) is 39.5 Å². The summed E-state index contributed by atoms with van der Waals surface area (Å²) >= 11 is 0. The van der Waals surface area contributed by atoms with Crippen molar-refractivity contribution in [1.29, 1.82) is 0 Å². The molecule has 0 fully saturated rings. The van der Waals surface area contributed by atoms with Crippen LogP contribution in [0.4, 0.5) is 17.6 Å². The van der Waals surface area contributed by atoms with Crippen molar-refractivity contribution >= 4 is 0 Å². The maximum Gasteiger partial charge on any atom is 0.201 e. The summed E-state index contributed by atoms with van der Waals surface area (Å²) in [6.45, 7) is 4.83. The molecule has 7 heteroatoms. The van der Waals surface area contributed by atoms with E-state index in [-0.39, 0.29) is 29.2 Å². The molecule has 4 aromatic rings. The Hall–Kier alpha value is -4.00. The van der Waals surface area contributed by atoms with Crippen molar-refractivity contribution in [3.63, 3.8) is 0 Å². The number of ether oxygens (including phenoxy) is 3. The first kappa shape index (κ1) is 28.0. The number of hydrogen-bond donors (Lipinski definition) is 0. The first-order chi connectivity index (χ1) is 18.9.